The highest BCUT2D eigenvalue weighted by Gasteiger charge is 2.20. The first-order chi connectivity index (χ1) is 7.61. The number of anilines is 1. The molecule has 0 saturated carbocycles. The number of nitrogens with zero attached hydrogens (tertiary/aromatic N) is 3. The van der Waals surface area contributed by atoms with E-state index < -0.39 is 6.10 Å². The van der Waals surface area contributed by atoms with Gasteiger partial charge in [0.05, 0.1) is 0 Å². The van der Waals surface area contributed by atoms with Gasteiger partial charge >= 0.3 is 0 Å². The van der Waals surface area contributed by atoms with Crippen molar-refractivity contribution in [2.24, 2.45) is 7.05 Å². The molecule has 0 fully saturated rings. The molecule has 16 heavy (non-hydrogen) atoms. The van der Waals surface area contributed by atoms with Gasteiger partial charge in [0.1, 0.15) is 17.6 Å². The first-order valence-corrected chi connectivity index (χ1v) is 5.06. The third-order valence-corrected chi connectivity index (χ3v) is 2.70. The van der Waals surface area contributed by atoms with E-state index in [9.17, 15) is 5.11 Å². The Balaban J connectivity index is 2.43. The Kier molecular flexibility index (Phi) is 2.80. The third-order valence-electron chi connectivity index (χ3n) is 2.36. The Labute approximate surface area is 97.5 Å². The molecule has 0 spiro atoms. The maximum absolute atomic E-state index is 10.1. The molecule has 0 saturated heterocycles. The van der Waals surface area contributed by atoms with E-state index in [4.69, 9.17) is 17.3 Å². The second-order valence-electron chi connectivity index (χ2n) is 3.41. The first kappa shape index (κ1) is 10.9. The number of halogens is 1. The predicted molar refractivity (Wildman–Crippen MR) is 60.9 cm³/mol. The molecule has 1 aromatic heterocycles. The molecule has 0 bridgehead atoms. The second kappa shape index (κ2) is 4.11. The monoisotopic (exact) mass is 238 g/mol. The fraction of sp³-hybridized carbons (Fsp3) is 0.200. The van der Waals surface area contributed by atoms with Crippen LogP contribution in [0.25, 0.3) is 0 Å². The van der Waals surface area contributed by atoms with Crippen LogP contribution in [0.3, 0.4) is 0 Å². The van der Waals surface area contributed by atoms with E-state index in [1.807, 2.05) is 0 Å². The number of hydrogen-bond donors (Lipinski definition) is 2. The van der Waals surface area contributed by atoms with Crippen LogP contribution >= 0.6 is 11.6 Å². The van der Waals surface area contributed by atoms with Gasteiger partial charge < -0.3 is 10.8 Å². The number of aliphatic hydroxyl groups is 1. The maximum Gasteiger partial charge on any atom is 0.148 e. The normalized spacial score (nSPS) is 12.7. The molecule has 3 N–H and O–H groups in total. The number of aromatic nitrogens is 3. The minimum absolute atomic E-state index is 0.315. The average Bonchev–Trinajstić information content (AvgIpc) is 2.60. The van der Waals surface area contributed by atoms with Crippen LogP contribution in [0.5, 0.6) is 0 Å². The molecule has 1 aromatic carbocycles. The standard InChI is InChI=1S/C10H11ClN4O/c1-15-10(12)8(13-14-15)9(16)6-4-2-3-5-7(6)11/h2-5,9,16H,12H2,1H3. The summed E-state index contributed by atoms with van der Waals surface area (Å²) in [4.78, 5) is 0. The van der Waals surface area contributed by atoms with Crippen LogP contribution < -0.4 is 5.73 Å². The second-order valence-corrected chi connectivity index (χ2v) is 3.81. The van der Waals surface area contributed by atoms with E-state index in [1.165, 1.54) is 4.68 Å². The molecule has 0 aliphatic rings. The quantitative estimate of drug-likeness (QED) is 0.822. The highest BCUT2D eigenvalue weighted by atomic mass is 35.5. The lowest BCUT2D eigenvalue weighted by Crippen LogP contribution is -2.05. The van der Waals surface area contributed by atoms with Gasteiger partial charge in [0.2, 0.25) is 0 Å². The van der Waals surface area contributed by atoms with Crippen LogP contribution in [0, 0.1) is 0 Å². The lowest BCUT2D eigenvalue weighted by atomic mass is 10.1. The Hall–Kier alpha value is -1.59. The topological polar surface area (TPSA) is 77.0 Å². The van der Waals surface area contributed by atoms with Gasteiger partial charge in [-0.15, -0.1) is 5.10 Å². The van der Waals surface area contributed by atoms with E-state index in [-0.39, 0.29) is 0 Å². The van der Waals surface area contributed by atoms with Crippen LogP contribution in [0.2, 0.25) is 5.02 Å². The van der Waals surface area contributed by atoms with Crippen molar-refractivity contribution in [3.8, 4) is 0 Å². The molecule has 2 aromatic rings. The van der Waals surface area contributed by atoms with E-state index in [1.54, 1.807) is 31.3 Å². The minimum atomic E-state index is -0.956. The van der Waals surface area contributed by atoms with Crippen molar-refractivity contribution < 1.29 is 5.11 Å². The summed E-state index contributed by atoms with van der Waals surface area (Å²) < 4.78 is 1.40. The van der Waals surface area contributed by atoms with Gasteiger partial charge in [-0.3, -0.25) is 0 Å². The van der Waals surface area contributed by atoms with Gasteiger partial charge in [-0.1, -0.05) is 35.0 Å². The molecule has 1 unspecified atom stereocenters. The van der Waals surface area contributed by atoms with Crippen molar-refractivity contribution in [3.05, 3.63) is 40.5 Å². The molecular formula is C10H11ClN4O. The van der Waals surface area contributed by atoms with E-state index in [0.29, 0.717) is 22.1 Å². The molecule has 5 nitrogen and oxygen atoms in total. The van der Waals surface area contributed by atoms with Gasteiger partial charge in [-0.2, -0.15) is 0 Å². The molecule has 6 heteroatoms. The number of aliphatic hydroxyl groups excluding tert-OH is 1. The van der Waals surface area contributed by atoms with Crippen molar-refractivity contribution in [1.82, 2.24) is 15.0 Å². The van der Waals surface area contributed by atoms with Crippen molar-refractivity contribution in [2.75, 3.05) is 5.73 Å². The Morgan fingerprint density at radius 2 is 2.12 bits per heavy atom. The fourth-order valence-corrected chi connectivity index (χ4v) is 1.66. The summed E-state index contributed by atoms with van der Waals surface area (Å²) in [5, 5.41) is 18.1. The molecule has 1 atom stereocenters. The maximum atomic E-state index is 10.1. The molecule has 0 aliphatic heterocycles. The van der Waals surface area contributed by atoms with Crippen LogP contribution in [-0.4, -0.2) is 20.1 Å². The van der Waals surface area contributed by atoms with E-state index >= 15 is 0 Å². The summed E-state index contributed by atoms with van der Waals surface area (Å²) >= 11 is 5.97. The zero-order valence-electron chi connectivity index (χ0n) is 8.63. The number of benzene rings is 1. The predicted octanol–water partition coefficient (Wildman–Crippen LogP) is 1.13. The molecule has 2 rings (SSSR count). The summed E-state index contributed by atoms with van der Waals surface area (Å²) in [6.45, 7) is 0. The zero-order valence-corrected chi connectivity index (χ0v) is 9.39. The Morgan fingerprint density at radius 1 is 1.44 bits per heavy atom. The van der Waals surface area contributed by atoms with Gasteiger partial charge in [0.15, 0.2) is 0 Å². The molecule has 84 valence electrons. The summed E-state index contributed by atoms with van der Waals surface area (Å²) in [6, 6.07) is 7.00. The number of aryl methyl sites for hydroxylation is 1. The first-order valence-electron chi connectivity index (χ1n) is 4.68. The number of hydrogen-bond acceptors (Lipinski definition) is 4. The van der Waals surface area contributed by atoms with Crippen molar-refractivity contribution >= 4 is 17.4 Å². The van der Waals surface area contributed by atoms with Crippen molar-refractivity contribution in [2.45, 2.75) is 6.10 Å². The summed E-state index contributed by atoms with van der Waals surface area (Å²) in [5.41, 5.74) is 6.61. The molecule has 0 aliphatic carbocycles. The number of nitrogen functional groups attached to an aromatic ring is 1. The zero-order chi connectivity index (χ0) is 11.7. The fourth-order valence-electron chi connectivity index (χ4n) is 1.42. The van der Waals surface area contributed by atoms with Crippen molar-refractivity contribution in [3.63, 3.8) is 0 Å². The number of nitrogens with two attached hydrogens (primary N) is 1. The van der Waals surface area contributed by atoms with Gasteiger partial charge in [0.25, 0.3) is 0 Å². The smallest absolute Gasteiger partial charge is 0.148 e. The largest absolute Gasteiger partial charge is 0.382 e. The molecular weight excluding hydrogens is 228 g/mol. The van der Waals surface area contributed by atoms with Crippen molar-refractivity contribution in [1.29, 1.82) is 0 Å². The summed E-state index contributed by atoms with van der Waals surface area (Å²) in [5.74, 6) is 0.326. The molecule has 1 heterocycles. The summed E-state index contributed by atoms with van der Waals surface area (Å²) in [7, 11) is 1.66. The average molecular weight is 239 g/mol. The highest BCUT2D eigenvalue weighted by Crippen LogP contribution is 2.29. The van der Waals surface area contributed by atoms with Gasteiger partial charge in [0, 0.05) is 17.6 Å². The molecule has 0 amide bonds. The lowest BCUT2D eigenvalue weighted by Gasteiger charge is -2.10. The third kappa shape index (κ3) is 1.75. The van der Waals surface area contributed by atoms with Crippen LogP contribution in [0.4, 0.5) is 5.82 Å². The number of rotatable bonds is 2. The van der Waals surface area contributed by atoms with Gasteiger partial charge in [-0.05, 0) is 6.07 Å². The van der Waals surface area contributed by atoms with E-state index in [2.05, 4.69) is 10.3 Å². The Bertz CT molecular complexity index is 511. The minimum Gasteiger partial charge on any atom is -0.382 e. The van der Waals surface area contributed by atoms with Gasteiger partial charge in [-0.25, -0.2) is 4.68 Å². The highest BCUT2D eigenvalue weighted by molar-refractivity contribution is 6.31. The van der Waals surface area contributed by atoms with Crippen LogP contribution in [0.15, 0.2) is 24.3 Å². The van der Waals surface area contributed by atoms with Crippen LogP contribution in [0.1, 0.15) is 17.4 Å². The SMILES string of the molecule is Cn1nnc(C(O)c2ccccc2Cl)c1N. The van der Waals surface area contributed by atoms with Crippen LogP contribution in [-0.2, 0) is 7.05 Å². The lowest BCUT2D eigenvalue weighted by molar-refractivity contribution is 0.216. The molecule has 0 radical (unpaired) electrons. The summed E-state index contributed by atoms with van der Waals surface area (Å²) in [6.07, 6.45) is -0.956. The van der Waals surface area contributed by atoms with E-state index in [0.717, 1.165) is 0 Å². The Morgan fingerprint density at radius 3 is 2.69 bits per heavy atom.